The van der Waals surface area contributed by atoms with Crippen molar-refractivity contribution < 1.29 is 0 Å². The molecule has 0 aliphatic carbocycles. The number of aromatic amines is 1. The van der Waals surface area contributed by atoms with Gasteiger partial charge < -0.3 is 0 Å². The van der Waals surface area contributed by atoms with Gasteiger partial charge in [-0.05, 0) is 24.5 Å². The SMILES string of the molecule is CC(C)CCn1c(=O)[nH]c2ncccc2c1=O. The van der Waals surface area contributed by atoms with Crippen LogP contribution in [0, 0.1) is 5.92 Å². The zero-order valence-corrected chi connectivity index (χ0v) is 9.93. The number of aromatic nitrogens is 3. The summed E-state index contributed by atoms with van der Waals surface area (Å²) in [7, 11) is 0. The Bertz CT molecular complexity index is 640. The number of hydrogen-bond acceptors (Lipinski definition) is 3. The second-order valence-corrected chi connectivity index (χ2v) is 4.47. The number of rotatable bonds is 3. The van der Waals surface area contributed by atoms with Crippen LogP contribution in [0.15, 0.2) is 27.9 Å². The van der Waals surface area contributed by atoms with E-state index in [1.165, 1.54) is 4.57 Å². The lowest BCUT2D eigenvalue weighted by Gasteiger charge is -2.07. The molecule has 2 aromatic rings. The number of nitrogens with one attached hydrogen (secondary N) is 1. The molecule has 2 aromatic heterocycles. The molecule has 0 radical (unpaired) electrons. The molecule has 0 aliphatic rings. The first-order valence-corrected chi connectivity index (χ1v) is 5.67. The Balaban J connectivity index is 2.56. The smallest absolute Gasteiger partial charge is 0.291 e. The van der Waals surface area contributed by atoms with E-state index in [0.717, 1.165) is 6.42 Å². The van der Waals surface area contributed by atoms with E-state index in [1.54, 1.807) is 18.3 Å². The van der Waals surface area contributed by atoms with E-state index in [1.807, 2.05) is 0 Å². The highest BCUT2D eigenvalue weighted by Crippen LogP contribution is 2.02. The van der Waals surface area contributed by atoms with E-state index in [0.29, 0.717) is 23.5 Å². The molecule has 0 aromatic carbocycles. The summed E-state index contributed by atoms with van der Waals surface area (Å²) in [6.45, 7) is 4.56. The number of hydrogen-bond donors (Lipinski definition) is 1. The minimum absolute atomic E-state index is 0.266. The van der Waals surface area contributed by atoms with E-state index < -0.39 is 0 Å². The summed E-state index contributed by atoms with van der Waals surface area (Å²) in [4.78, 5) is 30.4. The van der Waals surface area contributed by atoms with Gasteiger partial charge in [-0.15, -0.1) is 0 Å². The Morgan fingerprint density at radius 3 is 2.88 bits per heavy atom. The Labute approximate surface area is 98.1 Å². The average molecular weight is 233 g/mol. The molecule has 0 saturated heterocycles. The first-order chi connectivity index (χ1) is 8.09. The molecule has 0 spiro atoms. The summed E-state index contributed by atoms with van der Waals surface area (Å²) in [5, 5.41) is 0.454. The molecule has 0 amide bonds. The molecule has 0 aliphatic heterocycles. The van der Waals surface area contributed by atoms with Crippen LogP contribution in [0.2, 0.25) is 0 Å². The van der Waals surface area contributed by atoms with E-state index in [4.69, 9.17) is 0 Å². The maximum absolute atomic E-state index is 12.1. The van der Waals surface area contributed by atoms with Gasteiger partial charge in [-0.1, -0.05) is 13.8 Å². The molecule has 2 heterocycles. The lowest BCUT2D eigenvalue weighted by Crippen LogP contribution is -2.35. The van der Waals surface area contributed by atoms with Gasteiger partial charge in [-0.2, -0.15) is 0 Å². The summed E-state index contributed by atoms with van der Waals surface area (Å²) < 4.78 is 1.24. The molecule has 5 nitrogen and oxygen atoms in total. The fraction of sp³-hybridized carbons (Fsp3) is 0.417. The summed E-state index contributed by atoms with van der Waals surface area (Å²) in [5.74, 6) is 0.450. The Hall–Kier alpha value is -1.91. The van der Waals surface area contributed by atoms with Crippen molar-refractivity contribution in [3.05, 3.63) is 39.2 Å². The first-order valence-electron chi connectivity index (χ1n) is 5.67. The normalized spacial score (nSPS) is 11.2. The molecular formula is C12H15N3O2. The van der Waals surface area contributed by atoms with Gasteiger partial charge in [-0.3, -0.25) is 14.3 Å². The van der Waals surface area contributed by atoms with Crippen molar-refractivity contribution in [3.63, 3.8) is 0 Å². The van der Waals surface area contributed by atoms with Gasteiger partial charge in [0.15, 0.2) is 0 Å². The van der Waals surface area contributed by atoms with Crippen LogP contribution in [0.1, 0.15) is 20.3 Å². The fourth-order valence-corrected chi connectivity index (χ4v) is 1.67. The predicted octanol–water partition coefficient (Wildman–Crippen LogP) is 1.13. The average Bonchev–Trinajstić information content (AvgIpc) is 2.28. The van der Waals surface area contributed by atoms with E-state index >= 15 is 0 Å². The van der Waals surface area contributed by atoms with Crippen molar-refractivity contribution in [3.8, 4) is 0 Å². The van der Waals surface area contributed by atoms with Gasteiger partial charge in [0.2, 0.25) is 0 Å². The summed E-state index contributed by atoms with van der Waals surface area (Å²) in [5.41, 5.74) is -0.303. The summed E-state index contributed by atoms with van der Waals surface area (Å²) in [6, 6.07) is 3.36. The Morgan fingerprint density at radius 1 is 1.41 bits per heavy atom. The van der Waals surface area contributed by atoms with Crippen molar-refractivity contribution in [1.29, 1.82) is 0 Å². The highest BCUT2D eigenvalue weighted by Gasteiger charge is 2.07. The number of fused-ring (bicyclic) bond motifs is 1. The molecule has 90 valence electrons. The van der Waals surface area contributed by atoms with Gasteiger partial charge in [0.1, 0.15) is 5.65 Å². The maximum atomic E-state index is 12.1. The van der Waals surface area contributed by atoms with Gasteiger partial charge >= 0.3 is 5.69 Å². The van der Waals surface area contributed by atoms with E-state index in [9.17, 15) is 9.59 Å². The molecule has 17 heavy (non-hydrogen) atoms. The van der Waals surface area contributed by atoms with Gasteiger partial charge in [-0.25, -0.2) is 9.78 Å². The molecule has 1 N–H and O–H groups in total. The summed E-state index contributed by atoms with van der Waals surface area (Å²) >= 11 is 0. The molecule has 2 rings (SSSR count). The number of H-pyrrole nitrogens is 1. The Kier molecular flexibility index (Phi) is 3.08. The summed E-state index contributed by atoms with van der Waals surface area (Å²) in [6.07, 6.45) is 2.35. The topological polar surface area (TPSA) is 67.8 Å². The lowest BCUT2D eigenvalue weighted by atomic mass is 10.1. The molecule has 0 bridgehead atoms. The van der Waals surface area contributed by atoms with Gasteiger partial charge in [0.25, 0.3) is 5.56 Å². The van der Waals surface area contributed by atoms with Crippen molar-refractivity contribution in [2.45, 2.75) is 26.8 Å². The van der Waals surface area contributed by atoms with Crippen LogP contribution in [0.25, 0.3) is 11.0 Å². The van der Waals surface area contributed by atoms with Gasteiger partial charge in [0.05, 0.1) is 5.39 Å². The quantitative estimate of drug-likeness (QED) is 0.864. The van der Waals surface area contributed by atoms with Crippen LogP contribution in [-0.2, 0) is 6.54 Å². The van der Waals surface area contributed by atoms with E-state index in [2.05, 4.69) is 23.8 Å². The monoisotopic (exact) mass is 233 g/mol. The predicted molar refractivity (Wildman–Crippen MR) is 66.1 cm³/mol. The van der Waals surface area contributed by atoms with Crippen molar-refractivity contribution >= 4 is 11.0 Å². The van der Waals surface area contributed by atoms with Crippen molar-refractivity contribution in [2.24, 2.45) is 5.92 Å². The molecule has 5 heteroatoms. The van der Waals surface area contributed by atoms with Crippen LogP contribution >= 0.6 is 0 Å². The van der Waals surface area contributed by atoms with Crippen LogP contribution in [-0.4, -0.2) is 14.5 Å². The molecular weight excluding hydrogens is 218 g/mol. The third kappa shape index (κ3) is 2.27. The maximum Gasteiger partial charge on any atom is 0.329 e. The minimum atomic E-state index is -0.387. The van der Waals surface area contributed by atoms with Crippen LogP contribution in [0.3, 0.4) is 0 Å². The van der Waals surface area contributed by atoms with Gasteiger partial charge in [0, 0.05) is 12.7 Å². The highest BCUT2D eigenvalue weighted by molar-refractivity contribution is 5.72. The van der Waals surface area contributed by atoms with Crippen molar-refractivity contribution in [1.82, 2.24) is 14.5 Å². The zero-order valence-electron chi connectivity index (χ0n) is 9.93. The standard InChI is InChI=1S/C12H15N3O2/c1-8(2)5-7-15-11(16)9-4-3-6-13-10(9)14-12(15)17/h3-4,6,8H,5,7H2,1-2H3,(H,13,14,17). The minimum Gasteiger partial charge on any atom is -0.291 e. The third-order valence-corrected chi connectivity index (χ3v) is 2.68. The second-order valence-electron chi connectivity index (χ2n) is 4.47. The van der Waals surface area contributed by atoms with Crippen LogP contribution in [0.4, 0.5) is 0 Å². The molecule has 0 saturated carbocycles. The molecule has 0 atom stereocenters. The highest BCUT2D eigenvalue weighted by atomic mass is 16.2. The van der Waals surface area contributed by atoms with E-state index in [-0.39, 0.29) is 11.2 Å². The second kappa shape index (κ2) is 4.53. The lowest BCUT2D eigenvalue weighted by molar-refractivity contribution is 0.497. The number of nitrogens with zero attached hydrogens (tertiary/aromatic N) is 2. The zero-order chi connectivity index (χ0) is 12.4. The molecule has 0 unspecified atom stereocenters. The fourth-order valence-electron chi connectivity index (χ4n) is 1.67. The van der Waals surface area contributed by atoms with Crippen LogP contribution < -0.4 is 11.2 Å². The first kappa shape index (κ1) is 11.6. The Morgan fingerprint density at radius 2 is 2.18 bits per heavy atom. The largest absolute Gasteiger partial charge is 0.329 e. The third-order valence-electron chi connectivity index (χ3n) is 2.68. The number of pyridine rings is 1. The van der Waals surface area contributed by atoms with Crippen LogP contribution in [0.5, 0.6) is 0 Å². The molecule has 0 fully saturated rings. The van der Waals surface area contributed by atoms with Crippen molar-refractivity contribution in [2.75, 3.05) is 0 Å².